The van der Waals surface area contributed by atoms with Gasteiger partial charge in [-0.3, -0.25) is 9.59 Å². The number of ketones is 2. The van der Waals surface area contributed by atoms with Crippen molar-refractivity contribution >= 4 is 39.4 Å². The highest BCUT2D eigenvalue weighted by Gasteiger charge is 2.36. The number of esters is 2. The van der Waals surface area contributed by atoms with Crippen LogP contribution in [0.4, 0.5) is 22.0 Å². The molecule has 0 heterocycles. The molecule has 0 N–H and O–H groups in total. The number of carbonyl (C=O) groups is 4. The molecule has 0 saturated heterocycles. The van der Waals surface area contributed by atoms with Crippen molar-refractivity contribution in [2.75, 3.05) is 41.4 Å². The third-order valence-corrected chi connectivity index (χ3v) is 3.59. The molecular formula is C22H28BrF5N2O6. The monoisotopic (exact) mass is 590 g/mol. The van der Waals surface area contributed by atoms with Crippen LogP contribution in [0.25, 0.3) is 0 Å². The topological polar surface area (TPSA) is 93.2 Å². The standard InChI is InChI=1S/C11H14BrF2NO3.C11H14F3NO3/c2*1-4-18-10(17)8(7-15(2)3)5-6-9(16)11(12,13)14/h2*5-7H,4H2,1-3H3. The van der Waals surface area contributed by atoms with E-state index in [1.807, 2.05) is 15.9 Å². The minimum absolute atomic E-state index is 0.00644. The highest BCUT2D eigenvalue weighted by atomic mass is 79.9. The molecule has 204 valence electrons. The quantitative estimate of drug-likeness (QED) is 0.118. The average molecular weight is 591 g/mol. The normalized spacial score (nSPS) is 12.7. The molecular weight excluding hydrogens is 563 g/mol. The molecule has 0 fully saturated rings. The maximum absolute atomic E-state index is 12.5. The number of hydrogen-bond acceptors (Lipinski definition) is 8. The van der Waals surface area contributed by atoms with Gasteiger partial charge in [0.15, 0.2) is 0 Å². The van der Waals surface area contributed by atoms with Crippen molar-refractivity contribution in [2.24, 2.45) is 0 Å². The molecule has 0 saturated carbocycles. The fourth-order valence-corrected chi connectivity index (χ4v) is 1.96. The van der Waals surface area contributed by atoms with Crippen molar-refractivity contribution < 1.29 is 50.6 Å². The molecule has 0 bridgehead atoms. The third-order valence-electron chi connectivity index (χ3n) is 3.20. The zero-order valence-electron chi connectivity index (χ0n) is 20.5. The molecule has 14 heteroatoms. The van der Waals surface area contributed by atoms with E-state index in [9.17, 15) is 41.1 Å². The Morgan fingerprint density at radius 2 is 1.03 bits per heavy atom. The minimum Gasteiger partial charge on any atom is -0.462 e. The number of ether oxygens (including phenoxy) is 2. The molecule has 0 aliphatic carbocycles. The largest absolute Gasteiger partial charge is 0.462 e. The van der Waals surface area contributed by atoms with Gasteiger partial charge in [-0.05, 0) is 54.1 Å². The van der Waals surface area contributed by atoms with Gasteiger partial charge < -0.3 is 19.3 Å². The fourth-order valence-electron chi connectivity index (χ4n) is 1.83. The smallest absolute Gasteiger partial charge is 0.454 e. The van der Waals surface area contributed by atoms with E-state index >= 15 is 0 Å². The molecule has 0 rings (SSSR count). The molecule has 0 aliphatic heterocycles. The van der Waals surface area contributed by atoms with E-state index in [2.05, 4.69) is 4.74 Å². The molecule has 36 heavy (non-hydrogen) atoms. The van der Waals surface area contributed by atoms with E-state index < -0.39 is 34.5 Å². The lowest BCUT2D eigenvalue weighted by atomic mass is 10.2. The molecule has 0 unspecified atom stereocenters. The lowest BCUT2D eigenvalue weighted by Crippen LogP contribution is -2.20. The summed E-state index contributed by atoms with van der Waals surface area (Å²) in [7, 11) is 6.46. The van der Waals surface area contributed by atoms with Crippen LogP contribution in [-0.4, -0.2) is 85.7 Å². The predicted molar refractivity (Wildman–Crippen MR) is 125 cm³/mol. The second-order valence-corrected chi connectivity index (χ2v) is 7.92. The summed E-state index contributed by atoms with van der Waals surface area (Å²) in [6.07, 6.45) is 0.386. The van der Waals surface area contributed by atoms with Gasteiger partial charge in [0.05, 0.1) is 24.4 Å². The summed E-state index contributed by atoms with van der Waals surface area (Å²) < 4.78 is 70.4. The van der Waals surface area contributed by atoms with Crippen LogP contribution in [0.15, 0.2) is 47.9 Å². The van der Waals surface area contributed by atoms with Crippen LogP contribution in [0.5, 0.6) is 0 Å². The van der Waals surface area contributed by atoms with Crippen LogP contribution in [0.2, 0.25) is 0 Å². The second kappa shape index (κ2) is 16.6. The Hall–Kier alpha value is -3.03. The summed E-state index contributed by atoms with van der Waals surface area (Å²) in [5.41, 5.74) is -0.133. The minimum atomic E-state index is -4.95. The Kier molecular flexibility index (Phi) is 16.2. The third kappa shape index (κ3) is 16.6. The molecule has 0 aromatic carbocycles. The summed E-state index contributed by atoms with van der Waals surface area (Å²) in [4.78, 5) is 43.8. The summed E-state index contributed by atoms with van der Waals surface area (Å²) >= 11 is 1.93. The Balaban J connectivity index is 0. The fraction of sp³-hybridized carbons (Fsp3) is 0.455. The maximum atomic E-state index is 12.5. The first-order chi connectivity index (χ1) is 16.4. The van der Waals surface area contributed by atoms with E-state index in [0.717, 1.165) is 12.2 Å². The Morgan fingerprint density at radius 1 is 0.694 bits per heavy atom. The van der Waals surface area contributed by atoms with Crippen molar-refractivity contribution in [3.63, 3.8) is 0 Å². The summed E-state index contributed by atoms with van der Waals surface area (Å²) in [6, 6.07) is 0. The number of nitrogens with zero attached hydrogens (tertiary/aromatic N) is 2. The number of alkyl halides is 6. The summed E-state index contributed by atoms with van der Waals surface area (Å²) in [6.45, 7) is 3.42. The molecule has 0 radical (unpaired) electrons. The van der Waals surface area contributed by atoms with E-state index in [1.54, 1.807) is 42.0 Å². The van der Waals surface area contributed by atoms with Crippen molar-refractivity contribution in [1.29, 1.82) is 0 Å². The van der Waals surface area contributed by atoms with Crippen molar-refractivity contribution in [3.05, 3.63) is 47.9 Å². The van der Waals surface area contributed by atoms with Crippen molar-refractivity contribution in [1.82, 2.24) is 9.80 Å². The highest BCUT2D eigenvalue weighted by molar-refractivity contribution is 9.10. The Bertz CT molecular complexity index is 816. The molecule has 0 spiro atoms. The number of allylic oxidation sites excluding steroid dienone is 2. The van der Waals surface area contributed by atoms with Crippen LogP contribution >= 0.6 is 15.9 Å². The van der Waals surface area contributed by atoms with Crippen LogP contribution in [0, 0.1) is 0 Å². The van der Waals surface area contributed by atoms with Gasteiger partial charge in [-0.2, -0.15) is 22.0 Å². The molecule has 8 nitrogen and oxygen atoms in total. The van der Waals surface area contributed by atoms with Gasteiger partial charge in [-0.15, -0.1) is 0 Å². The number of rotatable bonds is 11. The van der Waals surface area contributed by atoms with Gasteiger partial charge in [0.25, 0.3) is 5.78 Å². The molecule has 0 aromatic rings. The first-order valence-corrected chi connectivity index (χ1v) is 10.8. The average Bonchev–Trinajstić information content (AvgIpc) is 2.72. The Labute approximate surface area is 214 Å². The van der Waals surface area contributed by atoms with Crippen molar-refractivity contribution in [2.45, 2.75) is 24.9 Å². The molecule has 0 amide bonds. The van der Waals surface area contributed by atoms with E-state index in [4.69, 9.17) is 4.74 Å². The first kappa shape index (κ1) is 35.1. The predicted octanol–water partition coefficient (Wildman–Crippen LogP) is 3.79. The van der Waals surface area contributed by atoms with E-state index in [0.29, 0.717) is 12.2 Å². The zero-order valence-corrected chi connectivity index (χ0v) is 22.1. The van der Waals surface area contributed by atoms with Gasteiger partial charge in [-0.25, -0.2) is 9.59 Å². The van der Waals surface area contributed by atoms with E-state index in [-0.39, 0.29) is 24.4 Å². The van der Waals surface area contributed by atoms with Gasteiger partial charge >= 0.3 is 22.9 Å². The Morgan fingerprint density at radius 3 is 1.28 bits per heavy atom. The van der Waals surface area contributed by atoms with Gasteiger partial charge in [0.1, 0.15) is 0 Å². The van der Waals surface area contributed by atoms with E-state index in [1.165, 1.54) is 22.2 Å². The van der Waals surface area contributed by atoms with Gasteiger partial charge in [0.2, 0.25) is 5.78 Å². The van der Waals surface area contributed by atoms with Gasteiger partial charge in [0, 0.05) is 40.6 Å². The van der Waals surface area contributed by atoms with Crippen LogP contribution in [-0.2, 0) is 28.7 Å². The molecule has 0 aliphatic rings. The summed E-state index contributed by atoms with van der Waals surface area (Å²) in [5.74, 6) is -4.96. The number of halogens is 6. The van der Waals surface area contributed by atoms with Crippen LogP contribution in [0.1, 0.15) is 13.8 Å². The van der Waals surface area contributed by atoms with Crippen molar-refractivity contribution in [3.8, 4) is 0 Å². The number of carbonyl (C=O) groups excluding carboxylic acids is 4. The lowest BCUT2D eigenvalue weighted by molar-refractivity contribution is -0.165. The molecule has 0 aromatic heterocycles. The zero-order chi connectivity index (χ0) is 28.7. The number of hydrogen-bond donors (Lipinski definition) is 0. The highest BCUT2D eigenvalue weighted by Crippen LogP contribution is 2.23. The maximum Gasteiger partial charge on any atom is 0.454 e. The van der Waals surface area contributed by atoms with Crippen LogP contribution in [0.3, 0.4) is 0 Å². The first-order valence-electron chi connectivity index (χ1n) is 10.1. The van der Waals surface area contributed by atoms with Gasteiger partial charge in [-0.1, -0.05) is 0 Å². The SMILES string of the molecule is CCOC(=O)C(C=CC(=O)C(F)(F)Br)=CN(C)C.CCOC(=O)C(C=CC(=O)C(F)(F)F)=CN(C)C. The molecule has 0 atom stereocenters. The van der Waals surface area contributed by atoms with Crippen LogP contribution < -0.4 is 0 Å². The lowest BCUT2D eigenvalue weighted by Gasteiger charge is -2.08. The summed E-state index contributed by atoms with van der Waals surface area (Å²) in [5, 5.41) is 0. The second-order valence-electron chi connectivity index (χ2n) is 6.93.